The molecule has 118 valence electrons. The number of halogens is 1. The fraction of sp³-hybridized carbons (Fsp3) is 0.647. The Morgan fingerprint density at radius 3 is 2.43 bits per heavy atom. The lowest BCUT2D eigenvalue weighted by Crippen LogP contribution is -2.30. The minimum Gasteiger partial charge on any atom is -0.493 e. The predicted molar refractivity (Wildman–Crippen MR) is 90.2 cm³/mol. The fourth-order valence-electron chi connectivity index (χ4n) is 3.49. The van der Waals surface area contributed by atoms with Gasteiger partial charge in [0.1, 0.15) is 0 Å². The Morgan fingerprint density at radius 2 is 1.90 bits per heavy atom. The molecule has 1 aromatic rings. The second-order valence-electron chi connectivity index (χ2n) is 5.84. The summed E-state index contributed by atoms with van der Waals surface area (Å²) in [7, 11) is 3.36. The van der Waals surface area contributed by atoms with Crippen LogP contribution < -0.4 is 14.8 Å². The lowest BCUT2D eigenvalue weighted by atomic mass is 9.85. The molecule has 1 fully saturated rings. The summed E-state index contributed by atoms with van der Waals surface area (Å²) in [6, 6.07) is 4.49. The van der Waals surface area contributed by atoms with Crippen LogP contribution in [0.5, 0.6) is 11.5 Å². The minimum atomic E-state index is 0.363. The molecule has 1 saturated carbocycles. The third-order valence-electron chi connectivity index (χ3n) is 4.62. The van der Waals surface area contributed by atoms with E-state index in [1.54, 1.807) is 14.2 Å². The van der Waals surface area contributed by atoms with Crippen LogP contribution in [0.15, 0.2) is 16.6 Å². The van der Waals surface area contributed by atoms with E-state index in [0.29, 0.717) is 12.0 Å². The van der Waals surface area contributed by atoms with Crippen molar-refractivity contribution in [3.05, 3.63) is 22.2 Å². The van der Waals surface area contributed by atoms with Gasteiger partial charge in [0.15, 0.2) is 11.5 Å². The number of benzene rings is 1. The first-order valence-electron chi connectivity index (χ1n) is 7.77. The monoisotopic (exact) mass is 355 g/mol. The van der Waals surface area contributed by atoms with E-state index in [1.807, 2.05) is 6.07 Å². The van der Waals surface area contributed by atoms with Crippen molar-refractivity contribution in [1.29, 1.82) is 0 Å². The van der Waals surface area contributed by atoms with Gasteiger partial charge in [0, 0.05) is 10.5 Å². The van der Waals surface area contributed by atoms with Gasteiger partial charge in [-0.05, 0) is 42.5 Å². The normalized spacial score (nSPS) is 23.1. The highest BCUT2D eigenvalue weighted by Crippen LogP contribution is 2.44. The molecule has 2 rings (SSSR count). The molecule has 0 spiro atoms. The van der Waals surface area contributed by atoms with Crippen LogP contribution in [0, 0.1) is 11.8 Å². The van der Waals surface area contributed by atoms with Gasteiger partial charge in [-0.25, -0.2) is 0 Å². The molecule has 1 aromatic carbocycles. The molecule has 0 aromatic heterocycles. The summed E-state index contributed by atoms with van der Waals surface area (Å²) in [4.78, 5) is 0. The molecule has 21 heavy (non-hydrogen) atoms. The number of methoxy groups -OCH3 is 2. The molecular weight excluding hydrogens is 330 g/mol. The predicted octanol–water partition coefficient (Wildman–Crippen LogP) is 4.55. The third kappa shape index (κ3) is 3.54. The summed E-state index contributed by atoms with van der Waals surface area (Å²) in [5.41, 5.74) is 1.27. The van der Waals surface area contributed by atoms with E-state index in [0.717, 1.165) is 28.4 Å². The molecule has 1 aliphatic rings. The molecule has 1 aliphatic carbocycles. The van der Waals surface area contributed by atoms with Crippen molar-refractivity contribution in [3.63, 3.8) is 0 Å². The van der Waals surface area contributed by atoms with Gasteiger partial charge in [-0.3, -0.25) is 0 Å². The van der Waals surface area contributed by atoms with E-state index >= 15 is 0 Å². The van der Waals surface area contributed by atoms with E-state index in [1.165, 1.54) is 24.8 Å². The van der Waals surface area contributed by atoms with Crippen molar-refractivity contribution in [1.82, 2.24) is 5.32 Å². The van der Waals surface area contributed by atoms with Gasteiger partial charge in [0.25, 0.3) is 0 Å². The van der Waals surface area contributed by atoms with Crippen molar-refractivity contribution in [2.24, 2.45) is 11.8 Å². The molecule has 0 aliphatic heterocycles. The number of hydrogen-bond donors (Lipinski definition) is 1. The molecule has 0 saturated heterocycles. The van der Waals surface area contributed by atoms with Crippen molar-refractivity contribution in [2.45, 2.75) is 39.2 Å². The van der Waals surface area contributed by atoms with Crippen LogP contribution >= 0.6 is 15.9 Å². The van der Waals surface area contributed by atoms with Gasteiger partial charge >= 0.3 is 0 Å². The maximum Gasteiger partial charge on any atom is 0.161 e. The summed E-state index contributed by atoms with van der Waals surface area (Å²) in [5.74, 6) is 3.00. The first-order valence-corrected chi connectivity index (χ1v) is 8.56. The van der Waals surface area contributed by atoms with E-state index in [2.05, 4.69) is 41.2 Å². The Labute approximate surface area is 136 Å². The summed E-state index contributed by atoms with van der Waals surface area (Å²) in [5, 5.41) is 3.67. The van der Waals surface area contributed by atoms with Crippen molar-refractivity contribution in [3.8, 4) is 11.5 Å². The summed E-state index contributed by atoms with van der Waals surface area (Å²) in [6.45, 7) is 5.51. The van der Waals surface area contributed by atoms with Gasteiger partial charge < -0.3 is 14.8 Å². The third-order valence-corrected chi connectivity index (χ3v) is 5.30. The van der Waals surface area contributed by atoms with Gasteiger partial charge in [-0.2, -0.15) is 0 Å². The largest absolute Gasteiger partial charge is 0.493 e. The smallest absolute Gasteiger partial charge is 0.161 e. The van der Waals surface area contributed by atoms with Crippen molar-refractivity contribution in [2.75, 3.05) is 20.8 Å². The van der Waals surface area contributed by atoms with E-state index in [-0.39, 0.29) is 0 Å². The number of nitrogens with one attached hydrogen (secondary N) is 1. The lowest BCUT2D eigenvalue weighted by molar-refractivity contribution is 0.302. The Balaban J connectivity index is 2.39. The van der Waals surface area contributed by atoms with Crippen LogP contribution in [0.4, 0.5) is 0 Å². The maximum absolute atomic E-state index is 5.48. The van der Waals surface area contributed by atoms with Gasteiger partial charge in [-0.1, -0.05) is 42.6 Å². The lowest BCUT2D eigenvalue weighted by Gasteiger charge is -2.29. The maximum atomic E-state index is 5.48. The molecule has 3 unspecified atom stereocenters. The Morgan fingerprint density at radius 1 is 1.24 bits per heavy atom. The van der Waals surface area contributed by atoms with E-state index in [4.69, 9.17) is 9.47 Å². The van der Waals surface area contributed by atoms with Crippen LogP contribution in [-0.4, -0.2) is 20.8 Å². The second kappa shape index (κ2) is 7.50. The van der Waals surface area contributed by atoms with E-state index in [9.17, 15) is 0 Å². The number of rotatable bonds is 6. The SMILES string of the molecule is CCNC(c1cc(OC)c(OC)cc1Br)C1CCCC1C. The zero-order valence-electron chi connectivity index (χ0n) is 13.4. The Hall–Kier alpha value is -0.740. The summed E-state index contributed by atoms with van der Waals surface area (Å²) < 4.78 is 11.9. The summed E-state index contributed by atoms with van der Waals surface area (Å²) >= 11 is 3.71. The minimum absolute atomic E-state index is 0.363. The average molecular weight is 356 g/mol. The molecule has 3 nitrogen and oxygen atoms in total. The van der Waals surface area contributed by atoms with Crippen LogP contribution in [0.1, 0.15) is 44.7 Å². The highest BCUT2D eigenvalue weighted by Gasteiger charge is 2.32. The standard InChI is InChI=1S/C17H26BrNO2/c1-5-19-17(12-8-6-7-11(12)2)13-9-15(20-3)16(21-4)10-14(13)18/h9-12,17,19H,5-8H2,1-4H3. The Bertz CT molecular complexity index is 478. The molecule has 1 N–H and O–H groups in total. The van der Waals surface area contributed by atoms with Gasteiger partial charge in [-0.15, -0.1) is 0 Å². The summed E-state index contributed by atoms with van der Waals surface area (Å²) in [6.07, 6.45) is 3.95. The van der Waals surface area contributed by atoms with Crippen LogP contribution in [0.2, 0.25) is 0 Å². The topological polar surface area (TPSA) is 30.5 Å². The zero-order valence-corrected chi connectivity index (χ0v) is 15.0. The van der Waals surface area contributed by atoms with Crippen LogP contribution in [0.25, 0.3) is 0 Å². The van der Waals surface area contributed by atoms with E-state index < -0.39 is 0 Å². The van der Waals surface area contributed by atoms with Gasteiger partial charge in [0.05, 0.1) is 14.2 Å². The molecule has 3 atom stereocenters. The van der Waals surface area contributed by atoms with Crippen LogP contribution in [0.3, 0.4) is 0 Å². The molecule has 0 amide bonds. The fourth-order valence-corrected chi connectivity index (χ4v) is 4.06. The first-order chi connectivity index (χ1) is 10.1. The quantitative estimate of drug-likeness (QED) is 0.811. The van der Waals surface area contributed by atoms with Crippen molar-refractivity contribution >= 4 is 15.9 Å². The van der Waals surface area contributed by atoms with Crippen molar-refractivity contribution < 1.29 is 9.47 Å². The molecular formula is C17H26BrNO2. The molecule has 0 heterocycles. The van der Waals surface area contributed by atoms with Gasteiger partial charge in [0.2, 0.25) is 0 Å². The molecule has 0 radical (unpaired) electrons. The Kier molecular flexibility index (Phi) is 5.94. The zero-order chi connectivity index (χ0) is 15.4. The number of ether oxygens (including phenoxy) is 2. The molecule has 0 bridgehead atoms. The highest BCUT2D eigenvalue weighted by molar-refractivity contribution is 9.10. The molecule has 4 heteroatoms. The second-order valence-corrected chi connectivity index (χ2v) is 6.69. The highest BCUT2D eigenvalue weighted by atomic mass is 79.9. The number of hydrogen-bond acceptors (Lipinski definition) is 3. The first kappa shape index (κ1) is 16.6. The van der Waals surface area contributed by atoms with Crippen LogP contribution in [-0.2, 0) is 0 Å². The average Bonchev–Trinajstić information content (AvgIpc) is 2.90.